The summed E-state index contributed by atoms with van der Waals surface area (Å²) in [4.78, 5) is 0.835. The highest BCUT2D eigenvalue weighted by molar-refractivity contribution is 7.99. The fraction of sp³-hybridized carbons (Fsp3) is 0.500. The van der Waals surface area contributed by atoms with E-state index in [0.717, 1.165) is 22.6 Å². The van der Waals surface area contributed by atoms with Crippen molar-refractivity contribution in [1.29, 1.82) is 0 Å². The smallest absolute Gasteiger partial charge is 0.137 e. The molecule has 1 aromatic rings. The third-order valence-corrected chi connectivity index (χ3v) is 3.72. The molecule has 1 aliphatic rings. The van der Waals surface area contributed by atoms with Gasteiger partial charge in [-0.3, -0.25) is 0 Å². The fourth-order valence-corrected chi connectivity index (χ4v) is 3.10. The summed E-state index contributed by atoms with van der Waals surface area (Å²) in [5, 5.41) is 3.49. The molecule has 1 unspecified atom stereocenters. The van der Waals surface area contributed by atoms with Crippen LogP contribution in [0, 0.1) is 5.82 Å². The average molecular weight is 225 g/mol. The summed E-state index contributed by atoms with van der Waals surface area (Å²) in [6, 6.07) is 6.13. The zero-order valence-electron chi connectivity index (χ0n) is 9.09. The number of hydrogen-bond acceptors (Lipinski definition) is 2. The SMILES string of the molecule is CC(C)NC1CCSc2c(F)cccc21. The van der Waals surface area contributed by atoms with Crippen LogP contribution in [0.4, 0.5) is 4.39 Å². The highest BCUT2D eigenvalue weighted by Gasteiger charge is 2.22. The second-order valence-electron chi connectivity index (χ2n) is 4.17. The average Bonchev–Trinajstić information content (AvgIpc) is 2.19. The summed E-state index contributed by atoms with van der Waals surface area (Å²) in [6.45, 7) is 4.25. The molecule has 0 aliphatic carbocycles. The molecule has 0 saturated heterocycles. The van der Waals surface area contributed by atoms with Crippen LogP contribution in [0.1, 0.15) is 31.9 Å². The van der Waals surface area contributed by atoms with Crippen LogP contribution in [0.2, 0.25) is 0 Å². The van der Waals surface area contributed by atoms with Crippen LogP contribution in [0.3, 0.4) is 0 Å². The van der Waals surface area contributed by atoms with Crippen molar-refractivity contribution in [3.63, 3.8) is 0 Å². The molecule has 0 bridgehead atoms. The summed E-state index contributed by atoms with van der Waals surface area (Å²) in [5.41, 5.74) is 1.12. The Hall–Kier alpha value is -0.540. The van der Waals surface area contributed by atoms with Crippen molar-refractivity contribution in [1.82, 2.24) is 5.32 Å². The zero-order valence-corrected chi connectivity index (χ0v) is 9.90. The van der Waals surface area contributed by atoms with Gasteiger partial charge in [-0.2, -0.15) is 0 Å². The lowest BCUT2D eigenvalue weighted by atomic mass is 10.0. The second kappa shape index (κ2) is 4.54. The minimum atomic E-state index is -0.0762. The second-order valence-corrected chi connectivity index (χ2v) is 5.27. The predicted octanol–water partition coefficient (Wildman–Crippen LogP) is 3.36. The minimum absolute atomic E-state index is 0.0762. The zero-order chi connectivity index (χ0) is 10.8. The molecule has 1 aliphatic heterocycles. The van der Waals surface area contributed by atoms with Crippen molar-refractivity contribution in [2.24, 2.45) is 0 Å². The fourth-order valence-electron chi connectivity index (χ4n) is 1.96. The van der Waals surface area contributed by atoms with E-state index in [1.54, 1.807) is 23.9 Å². The lowest BCUT2D eigenvalue weighted by Gasteiger charge is -2.27. The molecule has 3 heteroatoms. The third-order valence-electron chi connectivity index (χ3n) is 2.56. The summed E-state index contributed by atoms with van der Waals surface area (Å²) in [6.07, 6.45) is 1.08. The first-order valence-corrected chi connectivity index (χ1v) is 6.34. The normalized spacial score (nSPS) is 20.4. The molecule has 1 nitrogen and oxygen atoms in total. The first kappa shape index (κ1) is 11.0. The molecular weight excluding hydrogens is 209 g/mol. The first-order chi connectivity index (χ1) is 7.18. The third kappa shape index (κ3) is 2.34. The van der Waals surface area contributed by atoms with Gasteiger partial charge in [-0.15, -0.1) is 11.8 Å². The van der Waals surface area contributed by atoms with Gasteiger partial charge in [0.25, 0.3) is 0 Å². The van der Waals surface area contributed by atoms with Crippen molar-refractivity contribution in [2.75, 3.05) is 5.75 Å². The van der Waals surface area contributed by atoms with E-state index in [9.17, 15) is 4.39 Å². The topological polar surface area (TPSA) is 12.0 Å². The quantitative estimate of drug-likeness (QED) is 0.828. The van der Waals surface area contributed by atoms with Crippen molar-refractivity contribution >= 4 is 11.8 Å². The number of hydrogen-bond donors (Lipinski definition) is 1. The predicted molar refractivity (Wildman–Crippen MR) is 62.8 cm³/mol. The van der Waals surface area contributed by atoms with Crippen molar-refractivity contribution < 1.29 is 4.39 Å². The number of nitrogens with one attached hydrogen (secondary N) is 1. The van der Waals surface area contributed by atoms with E-state index in [1.807, 2.05) is 6.07 Å². The Balaban J connectivity index is 2.30. The molecule has 0 fully saturated rings. The van der Waals surface area contributed by atoms with Crippen LogP contribution in [0.5, 0.6) is 0 Å². The van der Waals surface area contributed by atoms with Gasteiger partial charge in [-0.05, 0) is 23.8 Å². The van der Waals surface area contributed by atoms with Crippen LogP contribution in [0.25, 0.3) is 0 Å². The Bertz CT molecular complexity index is 351. The minimum Gasteiger partial charge on any atom is -0.308 e. The highest BCUT2D eigenvalue weighted by atomic mass is 32.2. The number of rotatable bonds is 2. The maximum Gasteiger partial charge on any atom is 0.137 e. The maximum absolute atomic E-state index is 13.5. The van der Waals surface area contributed by atoms with Gasteiger partial charge in [0.05, 0.1) is 0 Å². The van der Waals surface area contributed by atoms with Crippen LogP contribution < -0.4 is 5.32 Å². The van der Waals surface area contributed by atoms with Crippen LogP contribution in [-0.2, 0) is 0 Å². The van der Waals surface area contributed by atoms with Gasteiger partial charge >= 0.3 is 0 Å². The molecule has 1 heterocycles. The van der Waals surface area contributed by atoms with E-state index in [1.165, 1.54) is 0 Å². The van der Waals surface area contributed by atoms with E-state index in [2.05, 4.69) is 19.2 Å². The number of halogens is 1. The molecule has 15 heavy (non-hydrogen) atoms. The van der Waals surface area contributed by atoms with Gasteiger partial charge < -0.3 is 5.32 Å². The Labute approximate surface area is 94.5 Å². The van der Waals surface area contributed by atoms with Gasteiger partial charge in [0.2, 0.25) is 0 Å². The number of fused-ring (bicyclic) bond motifs is 1. The molecule has 2 rings (SSSR count). The van der Waals surface area contributed by atoms with E-state index < -0.39 is 0 Å². The number of benzene rings is 1. The molecule has 0 saturated carbocycles. The Morgan fingerprint density at radius 3 is 3.00 bits per heavy atom. The molecule has 0 amide bonds. The van der Waals surface area contributed by atoms with E-state index in [4.69, 9.17) is 0 Å². The summed E-state index contributed by atoms with van der Waals surface area (Å²) in [5.74, 6) is 0.922. The van der Waals surface area contributed by atoms with Gasteiger partial charge in [0, 0.05) is 17.0 Å². The lowest BCUT2D eigenvalue weighted by molar-refractivity contribution is 0.453. The van der Waals surface area contributed by atoms with Crippen LogP contribution in [-0.4, -0.2) is 11.8 Å². The molecular formula is C12H16FNS. The van der Waals surface area contributed by atoms with Crippen molar-refractivity contribution in [3.8, 4) is 0 Å². The first-order valence-electron chi connectivity index (χ1n) is 5.35. The molecule has 1 aromatic carbocycles. The standard InChI is InChI=1S/C12H16FNS/c1-8(2)14-11-6-7-15-12-9(11)4-3-5-10(12)13/h3-5,8,11,14H,6-7H2,1-2H3. The summed E-state index contributed by atoms with van der Waals surface area (Å²) >= 11 is 1.63. The molecule has 82 valence electrons. The van der Waals surface area contributed by atoms with Gasteiger partial charge in [-0.1, -0.05) is 26.0 Å². The summed E-state index contributed by atoms with van der Waals surface area (Å²) in [7, 11) is 0. The van der Waals surface area contributed by atoms with Crippen molar-refractivity contribution in [2.45, 2.75) is 37.2 Å². The lowest BCUT2D eigenvalue weighted by Crippen LogP contribution is -2.30. The molecule has 0 aromatic heterocycles. The molecule has 0 spiro atoms. The van der Waals surface area contributed by atoms with Gasteiger partial charge in [0.15, 0.2) is 0 Å². The highest BCUT2D eigenvalue weighted by Crippen LogP contribution is 2.37. The Morgan fingerprint density at radius 2 is 2.27 bits per heavy atom. The van der Waals surface area contributed by atoms with E-state index >= 15 is 0 Å². The Morgan fingerprint density at radius 1 is 1.47 bits per heavy atom. The summed E-state index contributed by atoms with van der Waals surface area (Å²) < 4.78 is 13.5. The molecule has 0 radical (unpaired) electrons. The molecule has 1 N–H and O–H groups in total. The van der Waals surface area contributed by atoms with Gasteiger partial charge in [-0.25, -0.2) is 4.39 Å². The van der Waals surface area contributed by atoms with E-state index in [0.29, 0.717) is 12.1 Å². The maximum atomic E-state index is 13.5. The van der Waals surface area contributed by atoms with Gasteiger partial charge in [0.1, 0.15) is 5.82 Å². The number of thioether (sulfide) groups is 1. The van der Waals surface area contributed by atoms with E-state index in [-0.39, 0.29) is 5.82 Å². The van der Waals surface area contributed by atoms with Crippen molar-refractivity contribution in [3.05, 3.63) is 29.6 Å². The van der Waals surface area contributed by atoms with Crippen LogP contribution in [0.15, 0.2) is 23.1 Å². The largest absolute Gasteiger partial charge is 0.308 e. The molecule has 1 atom stereocenters. The van der Waals surface area contributed by atoms with Crippen LogP contribution >= 0.6 is 11.8 Å². The monoisotopic (exact) mass is 225 g/mol. The Kier molecular flexibility index (Phi) is 3.32.